The lowest BCUT2D eigenvalue weighted by molar-refractivity contribution is 1.30. The van der Waals surface area contributed by atoms with Gasteiger partial charge >= 0.3 is 0 Å². The number of anilines is 6. The van der Waals surface area contributed by atoms with E-state index in [0.29, 0.717) is 0 Å². The molecule has 6 aromatic heterocycles. The number of rotatable bonds is 8. The minimum atomic E-state index is 1.12. The van der Waals surface area contributed by atoms with E-state index in [9.17, 15) is 0 Å². The number of fused-ring (bicyclic) bond motifs is 18. The van der Waals surface area contributed by atoms with Gasteiger partial charge in [0, 0.05) is 108 Å². The van der Waals surface area contributed by atoms with Gasteiger partial charge in [0.15, 0.2) is 0 Å². The second-order valence-corrected chi connectivity index (χ2v) is 24.4. The molecule has 0 atom stereocenters. The Balaban J connectivity index is 0.910. The fourth-order valence-corrected chi connectivity index (χ4v) is 17.0. The van der Waals surface area contributed by atoms with Gasteiger partial charge in [0.05, 0.1) is 53.9 Å². The lowest BCUT2D eigenvalue weighted by Gasteiger charge is -2.26. The van der Waals surface area contributed by atoms with Gasteiger partial charge in [-0.05, 0) is 96.1 Å². The highest BCUT2D eigenvalue weighted by Gasteiger charge is 2.32. The molecule has 6 heterocycles. The Kier molecular flexibility index (Phi) is 9.62. The smallest absolute Gasteiger partial charge is 0.0640 e. The van der Waals surface area contributed by atoms with Crippen LogP contribution in [0.4, 0.5) is 34.1 Å². The van der Waals surface area contributed by atoms with Crippen LogP contribution < -0.4 is 9.80 Å². The van der Waals surface area contributed by atoms with Crippen LogP contribution in [-0.4, -0.2) is 8.80 Å². The molecular formula is C78H46N4S2. The summed E-state index contributed by atoms with van der Waals surface area (Å²) in [5.41, 5.74) is 19.0. The molecule has 13 aromatic carbocycles. The molecule has 0 unspecified atom stereocenters. The minimum absolute atomic E-state index is 1.12. The molecule has 0 aliphatic heterocycles. The van der Waals surface area contributed by atoms with E-state index >= 15 is 0 Å². The first kappa shape index (κ1) is 46.1. The average Bonchev–Trinajstić information content (AvgIpc) is 1.54. The van der Waals surface area contributed by atoms with Crippen LogP contribution in [0.2, 0.25) is 0 Å². The molecular weight excluding hydrogens is 1060 g/mol. The van der Waals surface area contributed by atoms with Gasteiger partial charge in [0.2, 0.25) is 0 Å². The summed E-state index contributed by atoms with van der Waals surface area (Å²) in [7, 11) is 0. The summed E-state index contributed by atoms with van der Waals surface area (Å²) in [5, 5.41) is 15.1. The molecule has 0 aliphatic rings. The van der Waals surface area contributed by atoms with E-state index < -0.39 is 0 Å². The van der Waals surface area contributed by atoms with Crippen molar-refractivity contribution in [1.29, 1.82) is 0 Å². The van der Waals surface area contributed by atoms with Crippen molar-refractivity contribution >= 4 is 173 Å². The lowest BCUT2D eigenvalue weighted by atomic mass is 9.89. The molecule has 0 spiro atoms. The summed E-state index contributed by atoms with van der Waals surface area (Å²) in [6.07, 6.45) is 0. The first-order valence-electron chi connectivity index (χ1n) is 28.7. The number of benzene rings is 13. The second-order valence-electron chi connectivity index (χ2n) is 22.3. The van der Waals surface area contributed by atoms with E-state index in [1.807, 2.05) is 22.7 Å². The van der Waals surface area contributed by atoms with Crippen LogP contribution in [0.5, 0.6) is 0 Å². The van der Waals surface area contributed by atoms with Gasteiger partial charge < -0.3 is 18.6 Å². The Morgan fingerprint density at radius 3 is 1.05 bits per heavy atom. The zero-order valence-corrected chi connectivity index (χ0v) is 46.8. The molecule has 0 saturated carbocycles. The molecule has 0 radical (unpaired) electrons. The van der Waals surface area contributed by atoms with Crippen molar-refractivity contribution in [3.63, 3.8) is 0 Å². The third-order valence-corrected chi connectivity index (χ3v) is 20.3. The number of aromatic nitrogens is 2. The molecule has 6 heteroatoms. The average molecular weight is 1100 g/mol. The highest BCUT2D eigenvalue weighted by molar-refractivity contribution is 7.26. The van der Waals surface area contributed by atoms with Crippen molar-refractivity contribution < 1.29 is 0 Å². The fourth-order valence-electron chi connectivity index (χ4n) is 14.6. The van der Waals surface area contributed by atoms with Gasteiger partial charge in [-0.25, -0.2) is 0 Å². The SMILES string of the molecule is c1ccc(-c2c3c4cccc5c6cc(N(c7ccccc7)c7cccc8c7sc7ccccc78)ccc6n(c3c(-c3ccccc3)c3c6cccc7c8cc(N(c9ccccc9)c9cccc%10c9sc9ccccc9%10)ccc8n(c23)c76)c54)cc1. The van der Waals surface area contributed by atoms with E-state index in [4.69, 9.17) is 0 Å². The third kappa shape index (κ3) is 6.30. The third-order valence-electron chi connectivity index (χ3n) is 17.9. The number of hydrogen-bond donors (Lipinski definition) is 0. The molecule has 0 fully saturated rings. The van der Waals surface area contributed by atoms with Crippen molar-refractivity contribution in [2.24, 2.45) is 0 Å². The Bertz CT molecular complexity index is 5490. The molecule has 0 saturated heterocycles. The van der Waals surface area contributed by atoms with Crippen LogP contribution in [0.1, 0.15) is 0 Å². The number of nitrogens with zero attached hydrogens (tertiary/aromatic N) is 4. The van der Waals surface area contributed by atoms with E-state index in [2.05, 4.69) is 298 Å². The monoisotopic (exact) mass is 1100 g/mol. The van der Waals surface area contributed by atoms with Gasteiger partial charge in [-0.1, -0.05) is 194 Å². The molecule has 0 N–H and O–H groups in total. The Morgan fingerprint density at radius 2 is 0.607 bits per heavy atom. The Hall–Kier alpha value is -10.5. The largest absolute Gasteiger partial charge is 0.309 e. The van der Waals surface area contributed by atoms with Crippen molar-refractivity contribution in [2.45, 2.75) is 0 Å². The van der Waals surface area contributed by atoms with Gasteiger partial charge in [0.1, 0.15) is 0 Å². The maximum atomic E-state index is 2.63. The first-order chi connectivity index (χ1) is 41.7. The van der Waals surface area contributed by atoms with E-state index in [1.165, 1.54) is 150 Å². The van der Waals surface area contributed by atoms with Gasteiger partial charge in [-0.3, -0.25) is 0 Å². The summed E-state index contributed by atoms with van der Waals surface area (Å²) in [6.45, 7) is 0. The summed E-state index contributed by atoms with van der Waals surface area (Å²) >= 11 is 3.75. The molecule has 0 amide bonds. The topological polar surface area (TPSA) is 15.3 Å². The standard InChI is InChI=1S/C78H46N4S2/c1-5-21-47(22-6-1)69-71-59-35-17-31-55-62-46-52(80(50-27-11-4-12-28-50)66-38-20-34-58-54-30-14-16-40-68(54)84-78(58)66)42-44-64(62)82(73(55)59)76(71)70(48-23-7-2-8-24-48)72-60-36-18-32-56-61-45-51(41-43-63(61)81(74(56)60)75(69)72)79(49-25-9-3-10-26-49)65-37-19-33-57-53-29-13-15-39-67(53)83-77(57)65/h1-46H. The Labute approximate surface area is 490 Å². The summed E-state index contributed by atoms with van der Waals surface area (Å²) in [4.78, 5) is 4.93. The van der Waals surface area contributed by atoms with E-state index in [-0.39, 0.29) is 0 Å². The highest BCUT2D eigenvalue weighted by atomic mass is 32.1. The van der Waals surface area contributed by atoms with E-state index in [1.54, 1.807) is 0 Å². The van der Waals surface area contributed by atoms with Crippen molar-refractivity contribution in [3.05, 3.63) is 279 Å². The predicted octanol–water partition coefficient (Wildman–Crippen LogP) is 23.0. The zero-order valence-electron chi connectivity index (χ0n) is 45.2. The Morgan fingerprint density at radius 1 is 0.250 bits per heavy atom. The van der Waals surface area contributed by atoms with Gasteiger partial charge in [0.25, 0.3) is 0 Å². The summed E-state index contributed by atoms with van der Waals surface area (Å²) in [6, 6.07) is 104. The van der Waals surface area contributed by atoms with Crippen LogP contribution in [0.3, 0.4) is 0 Å². The molecule has 19 rings (SSSR count). The molecule has 84 heavy (non-hydrogen) atoms. The molecule has 0 bridgehead atoms. The maximum Gasteiger partial charge on any atom is 0.0640 e. The van der Waals surface area contributed by atoms with Crippen LogP contribution >= 0.6 is 22.7 Å². The van der Waals surface area contributed by atoms with Gasteiger partial charge in [-0.2, -0.15) is 0 Å². The molecule has 4 nitrogen and oxygen atoms in total. The maximum absolute atomic E-state index is 2.63. The number of hydrogen-bond acceptors (Lipinski definition) is 4. The van der Waals surface area contributed by atoms with Crippen LogP contribution in [0.25, 0.3) is 139 Å². The minimum Gasteiger partial charge on any atom is -0.309 e. The quantitative estimate of drug-likeness (QED) is 0.151. The fraction of sp³-hybridized carbons (Fsp3) is 0. The van der Waals surface area contributed by atoms with Gasteiger partial charge in [-0.15, -0.1) is 22.7 Å². The second kappa shape index (κ2) is 17.5. The molecule has 0 aliphatic carbocycles. The first-order valence-corrected chi connectivity index (χ1v) is 30.4. The zero-order chi connectivity index (χ0) is 54.7. The highest BCUT2D eigenvalue weighted by Crippen LogP contribution is 2.56. The molecule has 390 valence electrons. The van der Waals surface area contributed by atoms with Crippen LogP contribution in [0, 0.1) is 0 Å². The van der Waals surface area contributed by atoms with Crippen molar-refractivity contribution in [1.82, 2.24) is 8.80 Å². The normalized spacial score (nSPS) is 12.3. The van der Waals surface area contributed by atoms with Crippen LogP contribution in [0.15, 0.2) is 279 Å². The van der Waals surface area contributed by atoms with Crippen molar-refractivity contribution in [3.8, 4) is 22.3 Å². The van der Waals surface area contributed by atoms with Crippen molar-refractivity contribution in [2.75, 3.05) is 9.80 Å². The lowest BCUT2D eigenvalue weighted by Crippen LogP contribution is -2.09. The number of para-hydroxylation sites is 4. The molecule has 19 aromatic rings. The van der Waals surface area contributed by atoms with Crippen LogP contribution in [-0.2, 0) is 0 Å². The van der Waals surface area contributed by atoms with E-state index in [0.717, 1.165) is 22.7 Å². The predicted molar refractivity (Wildman–Crippen MR) is 362 cm³/mol. The number of thiophene rings is 2. The summed E-state index contributed by atoms with van der Waals surface area (Å²) < 4.78 is 10.4. The summed E-state index contributed by atoms with van der Waals surface area (Å²) in [5.74, 6) is 0.